The number of aromatic nitrogens is 3. The number of ether oxygens (including phenoxy) is 3. The summed E-state index contributed by atoms with van der Waals surface area (Å²) in [5.74, 6) is 2.04. The van der Waals surface area contributed by atoms with E-state index in [4.69, 9.17) is 14.2 Å². The van der Waals surface area contributed by atoms with Gasteiger partial charge in [0.05, 0.1) is 17.9 Å². The number of fused-ring (bicyclic) bond motifs is 2. The van der Waals surface area contributed by atoms with Crippen molar-refractivity contribution in [2.75, 3.05) is 17.6 Å². The molecule has 0 fully saturated rings. The van der Waals surface area contributed by atoms with Gasteiger partial charge in [0.15, 0.2) is 17.3 Å². The fourth-order valence-corrected chi connectivity index (χ4v) is 4.10. The third-order valence-corrected chi connectivity index (χ3v) is 5.76. The lowest BCUT2D eigenvalue weighted by Gasteiger charge is -2.29. The van der Waals surface area contributed by atoms with Gasteiger partial charge in [0.1, 0.15) is 12.4 Å². The molecule has 0 aliphatic carbocycles. The first-order valence-electron chi connectivity index (χ1n) is 9.45. The highest BCUT2D eigenvalue weighted by atomic mass is 32.2. The van der Waals surface area contributed by atoms with Gasteiger partial charge in [0, 0.05) is 6.07 Å². The molecule has 0 saturated carbocycles. The normalized spacial score (nSPS) is 15.1. The number of hydrogen-bond donors (Lipinski definition) is 0. The van der Waals surface area contributed by atoms with E-state index in [1.54, 1.807) is 22.9 Å². The standard InChI is InChI=1S/C20H15F3N4O4S/c21-20(22,23)13-3-1-12(2-4-13)8-26-18(28)10-32-19-25-24-17(27(19)26)9-29-14-5-6-15-16(7-14)31-11-30-15/h1-7H,8-11H2. The molecule has 166 valence electrons. The van der Waals surface area contributed by atoms with E-state index in [0.29, 0.717) is 33.8 Å². The molecule has 2 aromatic carbocycles. The molecule has 2 aliphatic rings. The predicted molar refractivity (Wildman–Crippen MR) is 106 cm³/mol. The fourth-order valence-electron chi connectivity index (χ4n) is 3.28. The lowest BCUT2D eigenvalue weighted by molar-refractivity contribution is -0.137. The molecule has 32 heavy (non-hydrogen) atoms. The average molecular weight is 464 g/mol. The summed E-state index contributed by atoms with van der Waals surface area (Å²) in [7, 11) is 0. The smallest absolute Gasteiger partial charge is 0.416 e. The summed E-state index contributed by atoms with van der Waals surface area (Å²) in [6.07, 6.45) is -4.42. The largest absolute Gasteiger partial charge is 0.485 e. The Kier molecular flexibility index (Phi) is 5.08. The minimum absolute atomic E-state index is 0.0179. The van der Waals surface area contributed by atoms with E-state index in [1.807, 2.05) is 0 Å². The molecule has 1 aromatic heterocycles. The lowest BCUT2D eigenvalue weighted by atomic mass is 10.1. The molecular formula is C20H15F3N4O4S. The molecular weight excluding hydrogens is 449 g/mol. The summed E-state index contributed by atoms with van der Waals surface area (Å²) >= 11 is 1.23. The number of halogens is 3. The summed E-state index contributed by atoms with van der Waals surface area (Å²) in [6, 6.07) is 9.84. The van der Waals surface area contributed by atoms with Gasteiger partial charge in [-0.3, -0.25) is 4.79 Å². The van der Waals surface area contributed by atoms with Crippen molar-refractivity contribution in [3.8, 4) is 17.2 Å². The molecule has 0 unspecified atom stereocenters. The maximum atomic E-state index is 12.8. The van der Waals surface area contributed by atoms with E-state index in [-0.39, 0.29) is 31.6 Å². The van der Waals surface area contributed by atoms with Crippen LogP contribution in [0.3, 0.4) is 0 Å². The third kappa shape index (κ3) is 3.93. The first kappa shape index (κ1) is 20.5. The molecule has 2 aliphatic heterocycles. The van der Waals surface area contributed by atoms with Crippen LogP contribution in [0.4, 0.5) is 13.2 Å². The number of thioether (sulfide) groups is 1. The number of amides is 1. The van der Waals surface area contributed by atoms with Crippen LogP contribution in [0.2, 0.25) is 0 Å². The molecule has 0 atom stereocenters. The zero-order valence-electron chi connectivity index (χ0n) is 16.3. The number of rotatable bonds is 5. The van der Waals surface area contributed by atoms with Crippen LogP contribution in [0.15, 0.2) is 47.6 Å². The van der Waals surface area contributed by atoms with Crippen molar-refractivity contribution in [2.24, 2.45) is 0 Å². The van der Waals surface area contributed by atoms with E-state index < -0.39 is 11.7 Å². The van der Waals surface area contributed by atoms with Gasteiger partial charge >= 0.3 is 6.18 Å². The van der Waals surface area contributed by atoms with Gasteiger partial charge in [0.2, 0.25) is 11.9 Å². The summed E-state index contributed by atoms with van der Waals surface area (Å²) in [6.45, 7) is 0.234. The van der Waals surface area contributed by atoms with Crippen molar-refractivity contribution in [3.05, 3.63) is 59.4 Å². The van der Waals surface area contributed by atoms with Crippen molar-refractivity contribution in [1.82, 2.24) is 14.9 Å². The van der Waals surface area contributed by atoms with Crippen LogP contribution in [-0.4, -0.2) is 33.3 Å². The highest BCUT2D eigenvalue weighted by Gasteiger charge is 2.31. The van der Waals surface area contributed by atoms with E-state index in [2.05, 4.69) is 10.2 Å². The van der Waals surface area contributed by atoms with Crippen LogP contribution >= 0.6 is 11.8 Å². The molecule has 0 bridgehead atoms. The highest BCUT2D eigenvalue weighted by Crippen LogP contribution is 2.35. The van der Waals surface area contributed by atoms with Crippen LogP contribution in [-0.2, 0) is 24.1 Å². The minimum atomic E-state index is -4.42. The Bertz CT molecular complexity index is 1170. The zero-order valence-corrected chi connectivity index (χ0v) is 17.2. The van der Waals surface area contributed by atoms with E-state index in [9.17, 15) is 18.0 Å². The Labute approximate surface area is 183 Å². The predicted octanol–water partition coefficient (Wildman–Crippen LogP) is 3.38. The summed E-state index contributed by atoms with van der Waals surface area (Å²) < 4.78 is 56.4. The van der Waals surface area contributed by atoms with Crippen LogP contribution in [0.25, 0.3) is 0 Å². The Morgan fingerprint density at radius 3 is 2.62 bits per heavy atom. The van der Waals surface area contributed by atoms with Crippen molar-refractivity contribution in [3.63, 3.8) is 0 Å². The van der Waals surface area contributed by atoms with Gasteiger partial charge in [-0.05, 0) is 29.8 Å². The second-order valence-corrected chi connectivity index (χ2v) is 7.89. The van der Waals surface area contributed by atoms with Gasteiger partial charge in [-0.25, -0.2) is 9.69 Å². The summed E-state index contributed by atoms with van der Waals surface area (Å²) in [5, 5.41) is 10.1. The quantitative estimate of drug-likeness (QED) is 0.573. The first-order valence-corrected chi connectivity index (χ1v) is 10.4. The molecule has 1 amide bonds. The van der Waals surface area contributed by atoms with E-state index >= 15 is 0 Å². The number of carbonyl (C=O) groups excluding carboxylic acids is 1. The number of hydrogen-bond acceptors (Lipinski definition) is 7. The SMILES string of the molecule is O=C1CSc2nnc(COc3ccc4c(c3)OCO4)n2N1Cc1ccc(C(F)(F)F)cc1. The van der Waals surface area contributed by atoms with Crippen molar-refractivity contribution in [1.29, 1.82) is 0 Å². The molecule has 0 radical (unpaired) electrons. The van der Waals surface area contributed by atoms with Gasteiger partial charge < -0.3 is 14.2 Å². The number of carbonyl (C=O) groups is 1. The van der Waals surface area contributed by atoms with Crippen molar-refractivity contribution in [2.45, 2.75) is 24.5 Å². The Morgan fingerprint density at radius 2 is 1.84 bits per heavy atom. The molecule has 12 heteroatoms. The maximum Gasteiger partial charge on any atom is 0.416 e. The molecule has 8 nitrogen and oxygen atoms in total. The minimum Gasteiger partial charge on any atom is -0.485 e. The fraction of sp³-hybridized carbons (Fsp3) is 0.250. The molecule has 5 rings (SSSR count). The summed E-state index contributed by atoms with van der Waals surface area (Å²) in [4.78, 5) is 12.6. The zero-order chi connectivity index (χ0) is 22.3. The van der Waals surface area contributed by atoms with E-state index in [1.165, 1.54) is 28.9 Å². The monoisotopic (exact) mass is 464 g/mol. The first-order chi connectivity index (χ1) is 15.4. The molecule has 0 N–H and O–H groups in total. The third-order valence-electron chi connectivity index (χ3n) is 4.86. The van der Waals surface area contributed by atoms with Gasteiger partial charge in [-0.1, -0.05) is 23.9 Å². The van der Waals surface area contributed by atoms with Gasteiger partial charge in [-0.2, -0.15) is 13.2 Å². The molecule has 3 heterocycles. The number of benzene rings is 2. The van der Waals surface area contributed by atoms with Crippen molar-refractivity contribution >= 4 is 17.7 Å². The van der Waals surface area contributed by atoms with Crippen LogP contribution in [0, 0.1) is 0 Å². The molecule has 0 saturated heterocycles. The Balaban J connectivity index is 1.35. The lowest BCUT2D eigenvalue weighted by Crippen LogP contribution is -2.45. The van der Waals surface area contributed by atoms with Crippen LogP contribution < -0.4 is 19.2 Å². The van der Waals surface area contributed by atoms with Crippen LogP contribution in [0.5, 0.6) is 17.2 Å². The summed E-state index contributed by atoms with van der Waals surface area (Å²) in [5.41, 5.74) is -0.204. The Hall–Kier alpha value is -3.41. The number of alkyl halides is 3. The number of nitrogens with zero attached hydrogens (tertiary/aromatic N) is 4. The second-order valence-electron chi connectivity index (χ2n) is 6.95. The second kappa shape index (κ2) is 7.93. The topological polar surface area (TPSA) is 78.7 Å². The van der Waals surface area contributed by atoms with E-state index in [0.717, 1.165) is 12.1 Å². The maximum absolute atomic E-state index is 12.8. The van der Waals surface area contributed by atoms with Crippen molar-refractivity contribution < 1.29 is 32.2 Å². The molecule has 3 aromatic rings. The average Bonchev–Trinajstić information content (AvgIpc) is 3.40. The van der Waals surface area contributed by atoms with Gasteiger partial charge in [0.25, 0.3) is 5.91 Å². The Morgan fingerprint density at radius 1 is 1.06 bits per heavy atom. The van der Waals surface area contributed by atoms with Gasteiger partial charge in [-0.15, -0.1) is 10.2 Å². The highest BCUT2D eigenvalue weighted by molar-refractivity contribution is 7.99. The molecule has 0 spiro atoms. The van der Waals surface area contributed by atoms with Crippen LogP contribution in [0.1, 0.15) is 17.0 Å².